The van der Waals surface area contributed by atoms with Gasteiger partial charge in [0.2, 0.25) is 0 Å². The molecule has 0 amide bonds. The summed E-state index contributed by atoms with van der Waals surface area (Å²) in [6.45, 7) is 14.1. The number of nitrogens with zero attached hydrogens (tertiary/aromatic N) is 1. The topological polar surface area (TPSA) is 29.5 Å². The van der Waals surface area contributed by atoms with Gasteiger partial charge in [0.15, 0.2) is 0 Å². The fourth-order valence-electron chi connectivity index (χ4n) is 5.13. The van der Waals surface area contributed by atoms with E-state index >= 15 is 0 Å². The Hall–Kier alpha value is -0.570. The van der Waals surface area contributed by atoms with Crippen LogP contribution in [0.4, 0.5) is 0 Å². The average Bonchev–Trinajstić information content (AvgIpc) is 2.88. The van der Waals surface area contributed by atoms with Crippen molar-refractivity contribution in [1.29, 1.82) is 0 Å². The monoisotopic (exact) mass is 351 g/mol. The van der Waals surface area contributed by atoms with Crippen LogP contribution in [-0.4, -0.2) is 36.6 Å². The quantitative estimate of drug-likeness (QED) is 0.367. The molecule has 2 aliphatic carbocycles. The van der Waals surface area contributed by atoms with Gasteiger partial charge in [-0.3, -0.25) is 9.69 Å². The molecule has 2 fully saturated rings. The normalized spacial score (nSPS) is 30.2. The third-order valence-electron chi connectivity index (χ3n) is 7.50. The number of carbonyl (C=O) groups is 1. The molecule has 0 unspecified atom stereocenters. The van der Waals surface area contributed by atoms with E-state index in [9.17, 15) is 4.79 Å². The molecule has 2 aliphatic rings. The molecule has 0 saturated heterocycles. The molecule has 0 aliphatic heterocycles. The van der Waals surface area contributed by atoms with Gasteiger partial charge in [0, 0.05) is 5.41 Å². The molecule has 0 aromatic rings. The predicted octanol–water partition coefficient (Wildman–Crippen LogP) is 5.43. The highest BCUT2D eigenvalue weighted by molar-refractivity contribution is 5.72. The lowest BCUT2D eigenvalue weighted by Gasteiger charge is -2.38. The summed E-state index contributed by atoms with van der Waals surface area (Å²) in [5.41, 5.74) is 0.475. The molecule has 3 nitrogen and oxygen atoms in total. The number of unbranched alkanes of at least 4 members (excludes halogenated alkanes) is 4. The second-order valence-corrected chi connectivity index (χ2v) is 9.28. The second-order valence-electron chi connectivity index (χ2n) is 9.28. The van der Waals surface area contributed by atoms with E-state index in [1.165, 1.54) is 51.4 Å². The first-order chi connectivity index (χ1) is 11.8. The summed E-state index contributed by atoms with van der Waals surface area (Å²) in [5, 5.41) is 0. The first-order valence-corrected chi connectivity index (χ1v) is 10.8. The Bertz CT molecular complexity index is 424. The number of esters is 1. The van der Waals surface area contributed by atoms with Crippen LogP contribution in [0.5, 0.6) is 0 Å². The van der Waals surface area contributed by atoms with Crippen molar-refractivity contribution in [3.05, 3.63) is 0 Å². The van der Waals surface area contributed by atoms with Crippen LogP contribution in [0.15, 0.2) is 0 Å². The third-order valence-corrected chi connectivity index (χ3v) is 7.50. The lowest BCUT2D eigenvalue weighted by Crippen LogP contribution is -2.41. The highest BCUT2D eigenvalue weighted by Crippen LogP contribution is 2.66. The first kappa shape index (κ1) is 20.7. The minimum atomic E-state index is 0.00238. The van der Waals surface area contributed by atoms with Crippen LogP contribution in [0.2, 0.25) is 0 Å². The van der Waals surface area contributed by atoms with E-state index < -0.39 is 0 Å². The third kappa shape index (κ3) is 4.59. The highest BCUT2D eigenvalue weighted by atomic mass is 16.5. The molecule has 2 bridgehead atoms. The zero-order valence-electron chi connectivity index (χ0n) is 17.4. The zero-order valence-corrected chi connectivity index (χ0v) is 17.4. The van der Waals surface area contributed by atoms with Crippen molar-refractivity contribution < 1.29 is 9.53 Å². The van der Waals surface area contributed by atoms with E-state index in [-0.39, 0.29) is 17.5 Å². The maximum atomic E-state index is 12.6. The molecular weight excluding hydrogens is 310 g/mol. The molecule has 25 heavy (non-hydrogen) atoms. The Morgan fingerprint density at radius 1 is 1.04 bits per heavy atom. The molecule has 3 heteroatoms. The minimum absolute atomic E-state index is 0.00238. The molecule has 0 radical (unpaired) electrons. The molecule has 0 spiro atoms. The van der Waals surface area contributed by atoms with Gasteiger partial charge < -0.3 is 4.74 Å². The lowest BCUT2D eigenvalue weighted by atomic mass is 9.70. The standard InChI is InChI=1S/C22H41NO2/c1-6-8-10-14-23(15-11-9-7-2)17-20(24)25-19-16-18-12-13-22(19,5)21(18,3)4/h18-19H,6-17H2,1-5H3/t18-,19+,22-/m1/s1. The summed E-state index contributed by atoms with van der Waals surface area (Å²) in [7, 11) is 0. The number of carbonyl (C=O) groups excluding carboxylic acids is 1. The molecule has 0 aromatic carbocycles. The van der Waals surface area contributed by atoms with Gasteiger partial charge in [-0.15, -0.1) is 0 Å². The van der Waals surface area contributed by atoms with Crippen LogP contribution < -0.4 is 0 Å². The Morgan fingerprint density at radius 3 is 2.08 bits per heavy atom. The van der Waals surface area contributed by atoms with Gasteiger partial charge in [0.25, 0.3) is 0 Å². The van der Waals surface area contributed by atoms with Crippen molar-refractivity contribution in [2.75, 3.05) is 19.6 Å². The van der Waals surface area contributed by atoms with Crippen molar-refractivity contribution >= 4 is 5.97 Å². The molecule has 2 rings (SSSR count). The smallest absolute Gasteiger partial charge is 0.320 e. The van der Waals surface area contributed by atoms with E-state index in [4.69, 9.17) is 4.74 Å². The van der Waals surface area contributed by atoms with E-state index in [2.05, 4.69) is 39.5 Å². The number of hydrogen-bond acceptors (Lipinski definition) is 3. The average molecular weight is 352 g/mol. The van der Waals surface area contributed by atoms with Gasteiger partial charge in [-0.05, 0) is 56.5 Å². The van der Waals surface area contributed by atoms with Crippen LogP contribution in [0.3, 0.4) is 0 Å². The van der Waals surface area contributed by atoms with Crippen molar-refractivity contribution in [2.24, 2.45) is 16.7 Å². The minimum Gasteiger partial charge on any atom is -0.461 e. The Kier molecular flexibility index (Phi) is 7.37. The largest absolute Gasteiger partial charge is 0.461 e. The SMILES string of the molecule is CCCCCN(CCCCC)CC(=O)O[C@H]1C[C@H]2CC[C@@]1(C)C2(C)C. The molecule has 0 N–H and O–H groups in total. The lowest BCUT2D eigenvalue weighted by molar-refractivity contribution is -0.158. The summed E-state index contributed by atoms with van der Waals surface area (Å²) in [5.74, 6) is 0.725. The van der Waals surface area contributed by atoms with E-state index in [1.54, 1.807) is 0 Å². The number of ether oxygens (including phenoxy) is 1. The number of rotatable bonds is 11. The molecule has 146 valence electrons. The highest BCUT2D eigenvalue weighted by Gasteiger charge is 2.62. The summed E-state index contributed by atoms with van der Waals surface area (Å²) in [6, 6.07) is 0. The molecule has 3 atom stereocenters. The molecule has 0 aromatic heterocycles. The summed E-state index contributed by atoms with van der Waals surface area (Å²) < 4.78 is 6.05. The van der Waals surface area contributed by atoms with Crippen LogP contribution in [0.1, 0.15) is 92.4 Å². The van der Waals surface area contributed by atoms with Crippen LogP contribution in [-0.2, 0) is 9.53 Å². The summed E-state index contributed by atoms with van der Waals surface area (Å²) in [4.78, 5) is 15.0. The van der Waals surface area contributed by atoms with E-state index in [0.29, 0.717) is 12.0 Å². The zero-order chi connectivity index (χ0) is 18.5. The molecular formula is C22H41NO2. The fraction of sp³-hybridized carbons (Fsp3) is 0.955. The Balaban J connectivity index is 1.85. The van der Waals surface area contributed by atoms with Crippen LogP contribution >= 0.6 is 0 Å². The first-order valence-electron chi connectivity index (χ1n) is 10.8. The number of hydrogen-bond donors (Lipinski definition) is 0. The summed E-state index contributed by atoms with van der Waals surface area (Å²) in [6.07, 6.45) is 11.0. The summed E-state index contributed by atoms with van der Waals surface area (Å²) >= 11 is 0. The Morgan fingerprint density at radius 2 is 1.64 bits per heavy atom. The van der Waals surface area contributed by atoms with E-state index in [1.807, 2.05) is 0 Å². The Labute approximate surface area is 155 Å². The van der Waals surface area contributed by atoms with Gasteiger partial charge in [-0.25, -0.2) is 0 Å². The fourth-order valence-corrected chi connectivity index (χ4v) is 5.13. The van der Waals surface area contributed by atoms with Crippen LogP contribution in [0.25, 0.3) is 0 Å². The van der Waals surface area contributed by atoms with Gasteiger partial charge in [0.05, 0.1) is 6.54 Å². The van der Waals surface area contributed by atoms with Crippen molar-refractivity contribution in [2.45, 2.75) is 98.5 Å². The van der Waals surface area contributed by atoms with Crippen molar-refractivity contribution in [3.8, 4) is 0 Å². The predicted molar refractivity (Wildman–Crippen MR) is 105 cm³/mol. The number of fused-ring (bicyclic) bond motifs is 2. The maximum absolute atomic E-state index is 12.6. The second kappa shape index (κ2) is 8.88. The van der Waals surface area contributed by atoms with E-state index in [0.717, 1.165) is 25.4 Å². The van der Waals surface area contributed by atoms with Gasteiger partial charge in [-0.2, -0.15) is 0 Å². The van der Waals surface area contributed by atoms with Crippen LogP contribution in [0, 0.1) is 16.7 Å². The van der Waals surface area contributed by atoms with Crippen molar-refractivity contribution in [1.82, 2.24) is 4.90 Å². The maximum Gasteiger partial charge on any atom is 0.320 e. The molecule has 2 saturated carbocycles. The van der Waals surface area contributed by atoms with Gasteiger partial charge in [0.1, 0.15) is 6.10 Å². The van der Waals surface area contributed by atoms with Gasteiger partial charge >= 0.3 is 5.97 Å². The molecule has 0 heterocycles. The van der Waals surface area contributed by atoms with Crippen molar-refractivity contribution in [3.63, 3.8) is 0 Å². The van der Waals surface area contributed by atoms with Gasteiger partial charge in [-0.1, -0.05) is 60.3 Å².